The number of hydrazone groups is 1. The van der Waals surface area contributed by atoms with Crippen molar-refractivity contribution in [3.05, 3.63) is 23.8 Å². The fourth-order valence-electron chi connectivity index (χ4n) is 3.44. The van der Waals surface area contributed by atoms with Crippen molar-refractivity contribution in [2.24, 2.45) is 5.10 Å². The van der Waals surface area contributed by atoms with Gasteiger partial charge in [-0.05, 0) is 30.2 Å². The highest BCUT2D eigenvalue weighted by molar-refractivity contribution is 7.89. The summed E-state index contributed by atoms with van der Waals surface area (Å²) in [7, 11) is -1.99. The summed E-state index contributed by atoms with van der Waals surface area (Å²) in [6.07, 6.45) is 1.18. The molecule has 2 aliphatic heterocycles. The molecule has 0 spiro atoms. The Labute approximate surface area is 159 Å². The molecule has 2 amide bonds. The first-order valence-electron chi connectivity index (χ1n) is 9.08. The number of hydrogen-bond acceptors (Lipinski definition) is 5. The molecule has 2 aliphatic rings. The summed E-state index contributed by atoms with van der Waals surface area (Å²) in [4.78, 5) is 26.2. The number of amides is 2. The number of sulfonamides is 1. The highest BCUT2D eigenvalue weighted by Gasteiger charge is 2.32. The second kappa shape index (κ2) is 7.40. The summed E-state index contributed by atoms with van der Waals surface area (Å²) in [5.41, 5.74) is 1.89. The predicted molar refractivity (Wildman–Crippen MR) is 102 cm³/mol. The minimum Gasteiger partial charge on any atom is -0.307 e. The minimum absolute atomic E-state index is 0.111. The molecule has 0 saturated heterocycles. The van der Waals surface area contributed by atoms with Gasteiger partial charge in [-0.3, -0.25) is 9.59 Å². The maximum atomic E-state index is 12.8. The summed E-state index contributed by atoms with van der Waals surface area (Å²) < 4.78 is 26.8. The van der Waals surface area contributed by atoms with E-state index in [9.17, 15) is 18.0 Å². The Kier molecular flexibility index (Phi) is 5.34. The van der Waals surface area contributed by atoms with Gasteiger partial charge in [0.05, 0.1) is 4.90 Å². The van der Waals surface area contributed by atoms with E-state index in [1.807, 2.05) is 13.8 Å². The first kappa shape index (κ1) is 19.5. The van der Waals surface area contributed by atoms with Crippen LogP contribution in [0.2, 0.25) is 0 Å². The molecule has 27 heavy (non-hydrogen) atoms. The first-order valence-corrected chi connectivity index (χ1v) is 10.5. The largest absolute Gasteiger partial charge is 0.307 e. The fraction of sp³-hybridized carbons (Fsp3) is 0.500. The van der Waals surface area contributed by atoms with Crippen molar-refractivity contribution in [3.63, 3.8) is 0 Å². The van der Waals surface area contributed by atoms with Crippen molar-refractivity contribution in [3.8, 4) is 0 Å². The van der Waals surface area contributed by atoms with E-state index in [4.69, 9.17) is 0 Å². The molecule has 0 aliphatic carbocycles. The highest BCUT2D eigenvalue weighted by atomic mass is 32.2. The van der Waals surface area contributed by atoms with Crippen LogP contribution in [-0.2, 0) is 26.0 Å². The van der Waals surface area contributed by atoms with Gasteiger partial charge >= 0.3 is 0 Å². The lowest BCUT2D eigenvalue weighted by Gasteiger charge is -2.23. The Bertz CT molecular complexity index is 906. The van der Waals surface area contributed by atoms with E-state index in [1.54, 1.807) is 23.1 Å². The fourth-order valence-corrected chi connectivity index (χ4v) is 4.95. The van der Waals surface area contributed by atoms with Crippen molar-refractivity contribution >= 4 is 33.2 Å². The molecule has 146 valence electrons. The van der Waals surface area contributed by atoms with E-state index >= 15 is 0 Å². The minimum atomic E-state index is -3.53. The topological polar surface area (TPSA) is 90.4 Å². The van der Waals surface area contributed by atoms with Gasteiger partial charge in [0.15, 0.2) is 0 Å². The van der Waals surface area contributed by atoms with Crippen LogP contribution in [-0.4, -0.2) is 61.9 Å². The van der Waals surface area contributed by atoms with Gasteiger partial charge in [-0.1, -0.05) is 13.8 Å². The maximum Gasteiger partial charge on any atom is 0.274 e. The molecule has 0 fully saturated rings. The quantitative estimate of drug-likeness (QED) is 0.753. The predicted octanol–water partition coefficient (Wildman–Crippen LogP) is 1.21. The molecule has 2 heterocycles. The van der Waals surface area contributed by atoms with Crippen LogP contribution in [0.1, 0.15) is 32.3 Å². The van der Waals surface area contributed by atoms with Crippen molar-refractivity contribution in [2.75, 3.05) is 31.6 Å². The lowest BCUT2D eigenvalue weighted by molar-refractivity contribution is -0.130. The third-order valence-corrected chi connectivity index (χ3v) is 7.03. The zero-order valence-corrected chi connectivity index (χ0v) is 16.6. The van der Waals surface area contributed by atoms with Crippen LogP contribution < -0.4 is 4.90 Å². The number of anilines is 1. The second-order valence-electron chi connectivity index (χ2n) is 6.55. The molecule has 0 unspecified atom stereocenters. The molecular weight excluding hydrogens is 368 g/mol. The molecule has 0 atom stereocenters. The van der Waals surface area contributed by atoms with Crippen LogP contribution in [0.5, 0.6) is 0 Å². The van der Waals surface area contributed by atoms with Gasteiger partial charge < -0.3 is 4.90 Å². The molecule has 8 nitrogen and oxygen atoms in total. The van der Waals surface area contributed by atoms with E-state index in [2.05, 4.69) is 5.10 Å². The van der Waals surface area contributed by atoms with Gasteiger partial charge in [0.1, 0.15) is 5.71 Å². The second-order valence-corrected chi connectivity index (χ2v) is 8.49. The summed E-state index contributed by atoms with van der Waals surface area (Å²) in [6, 6.07) is 4.90. The summed E-state index contributed by atoms with van der Waals surface area (Å²) >= 11 is 0. The highest BCUT2D eigenvalue weighted by Crippen LogP contribution is 2.31. The van der Waals surface area contributed by atoms with E-state index in [0.717, 1.165) is 5.56 Å². The molecule has 1 aromatic carbocycles. The molecule has 3 rings (SSSR count). The number of nitrogens with zero attached hydrogens (tertiary/aromatic N) is 4. The standard InChI is InChI=1S/C18H24N4O4S/c1-4-21(5-2)27(25,26)14-6-8-16-13(12-14)10-11-22(16)18(24)15-7-9-17(23)20(3)19-15/h6,8,12H,4-5,7,9-11H2,1-3H3. The maximum absolute atomic E-state index is 12.8. The van der Waals surface area contributed by atoms with Crippen molar-refractivity contribution in [1.82, 2.24) is 9.31 Å². The summed E-state index contributed by atoms with van der Waals surface area (Å²) in [5.74, 6) is -0.341. The monoisotopic (exact) mass is 392 g/mol. The van der Waals surface area contributed by atoms with Crippen LogP contribution in [0.25, 0.3) is 0 Å². The van der Waals surface area contributed by atoms with E-state index < -0.39 is 10.0 Å². The molecule has 0 saturated carbocycles. The number of carbonyl (C=O) groups is 2. The van der Waals surface area contributed by atoms with Crippen molar-refractivity contribution < 1.29 is 18.0 Å². The van der Waals surface area contributed by atoms with Gasteiger partial charge in [-0.15, -0.1) is 0 Å². The van der Waals surface area contributed by atoms with Crippen LogP contribution in [0.3, 0.4) is 0 Å². The summed E-state index contributed by atoms with van der Waals surface area (Å²) in [6.45, 7) is 4.90. The lowest BCUT2D eigenvalue weighted by atomic mass is 10.1. The third kappa shape index (κ3) is 3.49. The average molecular weight is 392 g/mol. The Hall–Kier alpha value is -2.26. The Morgan fingerprint density at radius 2 is 1.89 bits per heavy atom. The van der Waals surface area contributed by atoms with E-state index in [0.29, 0.717) is 43.9 Å². The molecule has 0 aromatic heterocycles. The first-order chi connectivity index (χ1) is 12.8. The molecular formula is C18H24N4O4S. The molecule has 0 radical (unpaired) electrons. The summed E-state index contributed by atoms with van der Waals surface area (Å²) in [5, 5.41) is 5.29. The zero-order chi connectivity index (χ0) is 19.8. The Balaban J connectivity index is 1.88. The Morgan fingerprint density at radius 1 is 1.19 bits per heavy atom. The number of rotatable bonds is 5. The van der Waals surface area contributed by atoms with E-state index in [-0.39, 0.29) is 23.1 Å². The van der Waals surface area contributed by atoms with Gasteiger partial charge in [0.2, 0.25) is 15.9 Å². The number of benzene rings is 1. The van der Waals surface area contributed by atoms with Crippen molar-refractivity contribution in [1.29, 1.82) is 0 Å². The molecule has 0 N–H and O–H groups in total. The van der Waals surface area contributed by atoms with Crippen LogP contribution in [0.15, 0.2) is 28.2 Å². The smallest absolute Gasteiger partial charge is 0.274 e. The van der Waals surface area contributed by atoms with Gasteiger partial charge in [-0.2, -0.15) is 9.41 Å². The van der Waals surface area contributed by atoms with Crippen molar-refractivity contribution in [2.45, 2.75) is 38.0 Å². The number of carbonyl (C=O) groups excluding carboxylic acids is 2. The average Bonchev–Trinajstić information content (AvgIpc) is 3.07. The van der Waals surface area contributed by atoms with Crippen LogP contribution in [0, 0.1) is 0 Å². The number of fused-ring (bicyclic) bond motifs is 1. The molecule has 1 aromatic rings. The molecule has 0 bridgehead atoms. The number of hydrogen-bond donors (Lipinski definition) is 0. The van der Waals surface area contributed by atoms with Gasteiger partial charge in [0.25, 0.3) is 5.91 Å². The third-order valence-electron chi connectivity index (χ3n) is 4.99. The SMILES string of the molecule is CCN(CC)S(=O)(=O)c1ccc2c(c1)CCN2C(=O)C1=NN(C)C(=O)CC1. The Morgan fingerprint density at radius 3 is 2.52 bits per heavy atom. The van der Waals surface area contributed by atoms with Gasteiger partial charge in [-0.25, -0.2) is 13.4 Å². The lowest BCUT2D eigenvalue weighted by Crippen LogP contribution is -2.40. The zero-order valence-electron chi connectivity index (χ0n) is 15.8. The van der Waals surface area contributed by atoms with Crippen LogP contribution in [0.4, 0.5) is 5.69 Å². The van der Waals surface area contributed by atoms with Gasteiger partial charge in [0, 0.05) is 45.2 Å². The van der Waals surface area contributed by atoms with Crippen LogP contribution >= 0.6 is 0 Å². The molecule has 9 heteroatoms. The normalized spacial score (nSPS) is 17.3. The van der Waals surface area contributed by atoms with E-state index in [1.165, 1.54) is 16.4 Å².